The maximum absolute atomic E-state index is 11.7. The summed E-state index contributed by atoms with van der Waals surface area (Å²) in [5.74, 6) is 0.466. The van der Waals surface area contributed by atoms with Crippen molar-refractivity contribution in [3.63, 3.8) is 0 Å². The summed E-state index contributed by atoms with van der Waals surface area (Å²) in [5, 5.41) is 6.47. The van der Waals surface area contributed by atoms with Gasteiger partial charge < -0.3 is 15.4 Å². The van der Waals surface area contributed by atoms with E-state index >= 15 is 0 Å². The topological polar surface area (TPSA) is 50.4 Å². The van der Waals surface area contributed by atoms with Gasteiger partial charge in [0.05, 0.1) is 23.8 Å². The Labute approximate surface area is 119 Å². The van der Waals surface area contributed by atoms with Crippen LogP contribution in [0.4, 0.5) is 5.69 Å². The molecule has 1 fully saturated rings. The average molecular weight is 334 g/mol. The zero-order valence-electron chi connectivity index (χ0n) is 9.93. The molecule has 0 heterocycles. The van der Waals surface area contributed by atoms with Gasteiger partial charge >= 0.3 is 0 Å². The SMILES string of the molecule is COc1c(Br)cc(Cl)cc1NC(=O)CNC1CC1. The Bertz CT molecular complexity index is 464. The van der Waals surface area contributed by atoms with Crippen molar-refractivity contribution < 1.29 is 9.53 Å². The van der Waals surface area contributed by atoms with Crippen molar-refractivity contribution in [1.82, 2.24) is 5.32 Å². The summed E-state index contributed by atoms with van der Waals surface area (Å²) < 4.78 is 5.94. The highest BCUT2D eigenvalue weighted by atomic mass is 79.9. The molecule has 2 rings (SSSR count). The van der Waals surface area contributed by atoms with E-state index < -0.39 is 0 Å². The van der Waals surface area contributed by atoms with Crippen LogP contribution in [0.2, 0.25) is 5.02 Å². The Hall–Kier alpha value is -0.780. The van der Waals surface area contributed by atoms with Crippen molar-refractivity contribution in [3.05, 3.63) is 21.6 Å². The number of nitrogens with one attached hydrogen (secondary N) is 2. The first kappa shape index (κ1) is 13.6. The third-order valence-corrected chi connectivity index (χ3v) is 3.42. The number of carbonyl (C=O) groups is 1. The quantitative estimate of drug-likeness (QED) is 0.871. The predicted molar refractivity (Wildman–Crippen MR) is 75.4 cm³/mol. The van der Waals surface area contributed by atoms with Crippen LogP contribution >= 0.6 is 27.5 Å². The molecular formula is C12H14BrClN2O2. The minimum absolute atomic E-state index is 0.102. The van der Waals surface area contributed by atoms with Gasteiger partial charge in [-0.15, -0.1) is 0 Å². The molecule has 0 unspecified atom stereocenters. The molecule has 0 atom stereocenters. The zero-order chi connectivity index (χ0) is 13.1. The lowest BCUT2D eigenvalue weighted by Gasteiger charge is -2.12. The van der Waals surface area contributed by atoms with E-state index in [0.717, 1.165) is 12.8 Å². The number of halogens is 2. The minimum atomic E-state index is -0.102. The average Bonchev–Trinajstić information content (AvgIpc) is 3.09. The summed E-state index contributed by atoms with van der Waals surface area (Å²) in [6.07, 6.45) is 2.30. The Morgan fingerprint density at radius 3 is 2.89 bits per heavy atom. The van der Waals surface area contributed by atoms with Gasteiger partial charge in [-0.3, -0.25) is 4.79 Å². The van der Waals surface area contributed by atoms with Crippen molar-refractivity contribution >= 4 is 39.1 Å². The molecule has 1 aromatic rings. The van der Waals surface area contributed by atoms with Crippen LogP contribution in [0.15, 0.2) is 16.6 Å². The van der Waals surface area contributed by atoms with Crippen molar-refractivity contribution in [3.8, 4) is 5.75 Å². The molecule has 18 heavy (non-hydrogen) atoms. The number of amides is 1. The third kappa shape index (κ3) is 3.60. The van der Waals surface area contributed by atoms with Crippen LogP contribution in [0, 0.1) is 0 Å². The first-order chi connectivity index (χ1) is 8.60. The fraction of sp³-hybridized carbons (Fsp3) is 0.417. The maximum Gasteiger partial charge on any atom is 0.238 e. The Balaban J connectivity index is 2.04. The highest BCUT2D eigenvalue weighted by molar-refractivity contribution is 9.10. The summed E-state index contributed by atoms with van der Waals surface area (Å²) in [6, 6.07) is 3.89. The van der Waals surface area contributed by atoms with Crippen molar-refractivity contribution in [2.24, 2.45) is 0 Å². The smallest absolute Gasteiger partial charge is 0.238 e. The summed E-state index contributed by atoms with van der Waals surface area (Å²) >= 11 is 9.29. The Morgan fingerprint density at radius 1 is 1.56 bits per heavy atom. The van der Waals surface area contributed by atoms with Crippen LogP contribution in [0.1, 0.15) is 12.8 Å². The predicted octanol–water partition coefficient (Wildman–Crippen LogP) is 2.80. The lowest BCUT2D eigenvalue weighted by molar-refractivity contribution is -0.115. The molecule has 0 aromatic heterocycles. The molecule has 1 saturated carbocycles. The van der Waals surface area contributed by atoms with Gasteiger partial charge in [-0.2, -0.15) is 0 Å². The third-order valence-electron chi connectivity index (χ3n) is 2.62. The van der Waals surface area contributed by atoms with Gasteiger partial charge in [0.25, 0.3) is 0 Å². The minimum Gasteiger partial charge on any atom is -0.493 e. The summed E-state index contributed by atoms with van der Waals surface area (Å²) in [6.45, 7) is 0.304. The molecule has 1 aliphatic carbocycles. The highest BCUT2D eigenvalue weighted by Gasteiger charge is 2.21. The molecule has 4 nitrogen and oxygen atoms in total. The molecule has 1 aliphatic rings. The van der Waals surface area contributed by atoms with Crippen molar-refractivity contribution in [2.75, 3.05) is 19.0 Å². The molecule has 1 amide bonds. The fourth-order valence-corrected chi connectivity index (χ4v) is 2.55. The number of methoxy groups -OCH3 is 1. The lowest BCUT2D eigenvalue weighted by atomic mass is 10.3. The lowest BCUT2D eigenvalue weighted by Crippen LogP contribution is -2.29. The standard InChI is InChI=1S/C12H14BrClN2O2/c1-18-12-9(13)4-7(14)5-10(12)16-11(17)6-15-8-2-3-8/h4-5,8,15H,2-3,6H2,1H3,(H,16,17). The largest absolute Gasteiger partial charge is 0.493 e. The molecule has 0 aliphatic heterocycles. The van der Waals surface area contributed by atoms with Crippen molar-refractivity contribution in [2.45, 2.75) is 18.9 Å². The second-order valence-corrected chi connectivity index (χ2v) is 5.46. The monoisotopic (exact) mass is 332 g/mol. The maximum atomic E-state index is 11.7. The summed E-state index contributed by atoms with van der Waals surface area (Å²) in [4.78, 5) is 11.7. The molecule has 98 valence electrons. The number of anilines is 1. The van der Waals surface area contributed by atoms with E-state index in [0.29, 0.717) is 33.5 Å². The molecule has 0 spiro atoms. The molecule has 0 radical (unpaired) electrons. The number of carbonyl (C=O) groups excluding carboxylic acids is 1. The molecular weight excluding hydrogens is 320 g/mol. The van der Waals surface area contributed by atoms with Gasteiger partial charge in [0.1, 0.15) is 0 Å². The first-order valence-electron chi connectivity index (χ1n) is 5.66. The second-order valence-electron chi connectivity index (χ2n) is 4.17. The van der Waals surface area contributed by atoms with Crippen LogP contribution in [0.5, 0.6) is 5.75 Å². The van der Waals surface area contributed by atoms with E-state index in [1.165, 1.54) is 0 Å². The normalized spacial score (nSPS) is 14.4. The van der Waals surface area contributed by atoms with Crippen LogP contribution in [0.25, 0.3) is 0 Å². The van der Waals surface area contributed by atoms with Crippen LogP contribution in [0.3, 0.4) is 0 Å². The van der Waals surface area contributed by atoms with E-state index in [1.54, 1.807) is 19.2 Å². The van der Waals surface area contributed by atoms with Gasteiger partial charge in [-0.1, -0.05) is 11.6 Å². The van der Waals surface area contributed by atoms with E-state index in [1.807, 2.05) is 0 Å². The van der Waals surface area contributed by atoms with E-state index in [2.05, 4.69) is 26.6 Å². The van der Waals surface area contributed by atoms with Crippen LogP contribution in [-0.4, -0.2) is 25.6 Å². The number of hydrogen-bond acceptors (Lipinski definition) is 3. The Kier molecular flexibility index (Phi) is 4.48. The van der Waals surface area contributed by atoms with Crippen LogP contribution in [-0.2, 0) is 4.79 Å². The second kappa shape index (κ2) is 5.91. The number of ether oxygens (including phenoxy) is 1. The summed E-state index contributed by atoms with van der Waals surface area (Å²) in [7, 11) is 1.55. The van der Waals surface area contributed by atoms with Gasteiger partial charge in [0.15, 0.2) is 5.75 Å². The highest BCUT2D eigenvalue weighted by Crippen LogP contribution is 2.36. The molecule has 0 bridgehead atoms. The Morgan fingerprint density at radius 2 is 2.28 bits per heavy atom. The van der Waals surface area contributed by atoms with E-state index in [-0.39, 0.29) is 5.91 Å². The fourth-order valence-electron chi connectivity index (χ4n) is 1.58. The molecule has 2 N–H and O–H groups in total. The molecule has 6 heteroatoms. The van der Waals surface area contributed by atoms with Gasteiger partial charge in [-0.05, 0) is 40.9 Å². The van der Waals surface area contributed by atoms with E-state index in [9.17, 15) is 4.79 Å². The van der Waals surface area contributed by atoms with Gasteiger partial charge in [0.2, 0.25) is 5.91 Å². The number of hydrogen-bond donors (Lipinski definition) is 2. The number of benzene rings is 1. The molecule has 0 saturated heterocycles. The van der Waals surface area contributed by atoms with E-state index in [4.69, 9.17) is 16.3 Å². The number of rotatable bonds is 5. The van der Waals surface area contributed by atoms with Crippen LogP contribution < -0.4 is 15.4 Å². The zero-order valence-corrected chi connectivity index (χ0v) is 12.3. The van der Waals surface area contributed by atoms with Gasteiger partial charge in [0, 0.05) is 11.1 Å². The van der Waals surface area contributed by atoms with Crippen molar-refractivity contribution in [1.29, 1.82) is 0 Å². The summed E-state index contributed by atoms with van der Waals surface area (Å²) in [5.41, 5.74) is 0.569. The molecule has 1 aromatic carbocycles. The van der Waals surface area contributed by atoms with Gasteiger partial charge in [-0.25, -0.2) is 0 Å². The first-order valence-corrected chi connectivity index (χ1v) is 6.83.